The van der Waals surface area contributed by atoms with E-state index in [1.807, 2.05) is 42.5 Å². The van der Waals surface area contributed by atoms with Gasteiger partial charge in [-0.25, -0.2) is 23.5 Å². The van der Waals surface area contributed by atoms with Crippen molar-refractivity contribution in [1.82, 2.24) is 15.3 Å². The first-order chi connectivity index (χ1) is 14.5. The largest absolute Gasteiger partial charge is 0.395 e. The summed E-state index contributed by atoms with van der Waals surface area (Å²) in [7, 11) is -3.73. The van der Waals surface area contributed by atoms with E-state index in [4.69, 9.17) is 10.2 Å². The van der Waals surface area contributed by atoms with Crippen molar-refractivity contribution in [1.29, 1.82) is 0 Å². The molecule has 8 nitrogen and oxygen atoms in total. The van der Waals surface area contributed by atoms with Crippen molar-refractivity contribution in [3.63, 3.8) is 0 Å². The van der Waals surface area contributed by atoms with Gasteiger partial charge in [-0.15, -0.1) is 0 Å². The van der Waals surface area contributed by atoms with E-state index in [9.17, 15) is 8.42 Å². The molecule has 0 amide bonds. The molecule has 0 unspecified atom stereocenters. The number of hydrogen-bond acceptors (Lipinski definition) is 7. The van der Waals surface area contributed by atoms with Crippen LogP contribution in [0.25, 0.3) is 17.3 Å². The highest BCUT2D eigenvalue weighted by Crippen LogP contribution is 2.21. The summed E-state index contributed by atoms with van der Waals surface area (Å²) in [6.45, 7) is 1.39. The minimum atomic E-state index is -3.73. The summed E-state index contributed by atoms with van der Waals surface area (Å²) in [6.07, 6.45) is 5.66. The lowest BCUT2D eigenvalue weighted by Gasteiger charge is -2.07. The van der Waals surface area contributed by atoms with Gasteiger partial charge in [-0.05, 0) is 35.9 Å². The number of aromatic nitrogens is 2. The maximum absolute atomic E-state index is 11.3. The number of hydrogen-bond donors (Lipinski definition) is 4. The molecular formula is C21H23N5O3S. The van der Waals surface area contributed by atoms with Crippen molar-refractivity contribution in [2.45, 2.75) is 4.90 Å². The first-order valence-electron chi connectivity index (χ1n) is 9.27. The predicted octanol–water partition coefficient (Wildman–Crippen LogP) is 2.13. The summed E-state index contributed by atoms with van der Waals surface area (Å²) < 4.78 is 22.7. The first-order valence-corrected chi connectivity index (χ1v) is 10.8. The molecule has 2 aromatic carbocycles. The standard InChI is InChI=1S/C21H23N5O3S/c22-30(28,29)19-9-7-18(8-10-19)25-21-24-13-11-20(26-21)17-5-3-16(4-6-17)2-1-12-23-14-15-27/h1-11,13,23,27H,12,14-15H2,(H2,22,28,29)(H,24,25,26)/b2-1+. The third-order valence-electron chi connectivity index (χ3n) is 4.16. The summed E-state index contributed by atoms with van der Waals surface area (Å²) in [6, 6.07) is 15.8. The quantitative estimate of drug-likeness (QED) is 0.386. The average molecular weight is 426 g/mol. The number of nitrogens with zero attached hydrogens (tertiary/aromatic N) is 2. The van der Waals surface area contributed by atoms with Crippen molar-refractivity contribution in [2.24, 2.45) is 5.14 Å². The zero-order valence-electron chi connectivity index (χ0n) is 16.2. The lowest BCUT2D eigenvalue weighted by Crippen LogP contribution is -2.17. The Bertz CT molecular complexity index is 1100. The fourth-order valence-electron chi connectivity index (χ4n) is 2.66. The molecule has 1 heterocycles. The van der Waals surface area contributed by atoms with Crippen LogP contribution in [0.1, 0.15) is 5.56 Å². The van der Waals surface area contributed by atoms with Gasteiger partial charge >= 0.3 is 0 Å². The van der Waals surface area contributed by atoms with Crippen LogP contribution in [0.2, 0.25) is 0 Å². The Balaban J connectivity index is 1.68. The fourth-order valence-corrected chi connectivity index (χ4v) is 3.18. The van der Waals surface area contributed by atoms with E-state index in [1.54, 1.807) is 18.3 Å². The summed E-state index contributed by atoms with van der Waals surface area (Å²) in [4.78, 5) is 8.77. The summed E-state index contributed by atoms with van der Waals surface area (Å²) in [5.41, 5.74) is 3.41. The second-order valence-corrected chi connectivity index (χ2v) is 7.97. The maximum atomic E-state index is 11.3. The number of sulfonamides is 1. The molecule has 30 heavy (non-hydrogen) atoms. The van der Waals surface area contributed by atoms with Crippen LogP contribution < -0.4 is 15.8 Å². The molecule has 0 saturated carbocycles. The third kappa shape index (κ3) is 6.19. The average Bonchev–Trinajstić information content (AvgIpc) is 2.74. The second-order valence-electron chi connectivity index (χ2n) is 6.41. The molecule has 1 aromatic heterocycles. The minimum Gasteiger partial charge on any atom is -0.395 e. The SMILES string of the molecule is NS(=O)(=O)c1ccc(Nc2nccc(-c3ccc(/C=C/CNCCO)cc3)n2)cc1. The van der Waals surface area contributed by atoms with Gasteiger partial charge in [-0.1, -0.05) is 36.4 Å². The zero-order valence-corrected chi connectivity index (χ0v) is 17.0. The van der Waals surface area contributed by atoms with Gasteiger partial charge in [-0.3, -0.25) is 0 Å². The highest BCUT2D eigenvalue weighted by Gasteiger charge is 2.08. The van der Waals surface area contributed by atoms with E-state index in [2.05, 4.69) is 20.6 Å². The van der Waals surface area contributed by atoms with Crippen molar-refractivity contribution in [2.75, 3.05) is 25.0 Å². The molecule has 0 fully saturated rings. The molecule has 9 heteroatoms. The molecule has 0 aliphatic rings. The Hall–Kier alpha value is -3.11. The zero-order chi connectivity index (χ0) is 21.4. The van der Waals surface area contributed by atoms with Crippen LogP contribution in [0, 0.1) is 0 Å². The molecule has 156 valence electrons. The number of anilines is 2. The Morgan fingerprint density at radius 1 is 1.03 bits per heavy atom. The summed E-state index contributed by atoms with van der Waals surface area (Å²) >= 11 is 0. The van der Waals surface area contributed by atoms with Gasteiger partial charge in [0.15, 0.2) is 0 Å². The molecular weight excluding hydrogens is 402 g/mol. The molecule has 0 radical (unpaired) electrons. The van der Waals surface area contributed by atoms with Crippen molar-refractivity contribution >= 4 is 27.7 Å². The maximum Gasteiger partial charge on any atom is 0.238 e. The van der Waals surface area contributed by atoms with Crippen LogP contribution in [-0.4, -0.2) is 43.2 Å². The van der Waals surface area contributed by atoms with E-state index >= 15 is 0 Å². The molecule has 5 N–H and O–H groups in total. The van der Waals surface area contributed by atoms with Crippen LogP contribution in [0.15, 0.2) is 71.8 Å². The first kappa shape index (κ1) is 21.6. The summed E-state index contributed by atoms with van der Waals surface area (Å²) in [5, 5.41) is 20.0. The van der Waals surface area contributed by atoms with Gasteiger partial charge in [0.2, 0.25) is 16.0 Å². The number of aliphatic hydroxyl groups excluding tert-OH is 1. The fraction of sp³-hybridized carbons (Fsp3) is 0.143. The number of nitrogens with two attached hydrogens (primary N) is 1. The highest BCUT2D eigenvalue weighted by atomic mass is 32.2. The lowest BCUT2D eigenvalue weighted by molar-refractivity contribution is 0.294. The molecule has 0 aliphatic heterocycles. The van der Waals surface area contributed by atoms with Gasteiger partial charge in [0.1, 0.15) is 0 Å². The minimum absolute atomic E-state index is 0.0426. The topological polar surface area (TPSA) is 130 Å². The number of aliphatic hydroxyl groups is 1. The van der Waals surface area contributed by atoms with E-state index in [-0.39, 0.29) is 11.5 Å². The molecule has 0 saturated heterocycles. The van der Waals surface area contributed by atoms with Crippen molar-refractivity contribution < 1.29 is 13.5 Å². The molecule has 0 bridgehead atoms. The Morgan fingerprint density at radius 2 is 1.77 bits per heavy atom. The monoisotopic (exact) mass is 425 g/mol. The molecule has 0 spiro atoms. The summed E-state index contributed by atoms with van der Waals surface area (Å²) in [5.74, 6) is 0.398. The van der Waals surface area contributed by atoms with Crippen molar-refractivity contribution in [3.8, 4) is 11.3 Å². The number of benzene rings is 2. The van der Waals surface area contributed by atoms with E-state index in [1.165, 1.54) is 12.1 Å². The van der Waals surface area contributed by atoms with E-state index in [0.717, 1.165) is 16.8 Å². The number of rotatable bonds is 9. The van der Waals surface area contributed by atoms with Crippen LogP contribution in [0.3, 0.4) is 0 Å². The lowest BCUT2D eigenvalue weighted by atomic mass is 10.1. The van der Waals surface area contributed by atoms with Crippen molar-refractivity contribution in [3.05, 3.63) is 72.4 Å². The Morgan fingerprint density at radius 3 is 2.43 bits per heavy atom. The van der Waals surface area contributed by atoms with Gasteiger partial charge < -0.3 is 15.7 Å². The van der Waals surface area contributed by atoms with Gasteiger partial charge in [0.25, 0.3) is 0 Å². The highest BCUT2D eigenvalue weighted by molar-refractivity contribution is 7.89. The van der Waals surface area contributed by atoms with Crippen LogP contribution >= 0.6 is 0 Å². The number of primary sulfonamides is 1. The third-order valence-corrected chi connectivity index (χ3v) is 5.09. The van der Waals surface area contributed by atoms with Gasteiger partial charge in [-0.2, -0.15) is 0 Å². The van der Waals surface area contributed by atoms with E-state index in [0.29, 0.717) is 24.7 Å². The molecule has 0 aliphatic carbocycles. The van der Waals surface area contributed by atoms with Crippen LogP contribution in [-0.2, 0) is 10.0 Å². The predicted molar refractivity (Wildman–Crippen MR) is 118 cm³/mol. The normalized spacial score (nSPS) is 11.7. The molecule has 3 aromatic rings. The smallest absolute Gasteiger partial charge is 0.238 e. The van der Waals surface area contributed by atoms with E-state index < -0.39 is 10.0 Å². The molecule has 0 atom stereocenters. The van der Waals surface area contributed by atoms with Crippen LogP contribution in [0.5, 0.6) is 0 Å². The van der Waals surface area contributed by atoms with Gasteiger partial charge in [0, 0.05) is 30.5 Å². The van der Waals surface area contributed by atoms with Gasteiger partial charge in [0.05, 0.1) is 17.2 Å². The Kier molecular flexibility index (Phi) is 7.26. The Labute approximate surface area is 175 Å². The molecule has 3 rings (SSSR count). The van der Waals surface area contributed by atoms with Crippen LogP contribution in [0.4, 0.5) is 11.6 Å². The second kappa shape index (κ2) is 10.1. The number of nitrogens with one attached hydrogen (secondary N) is 2.